The monoisotopic (exact) mass is 198 g/mol. The van der Waals surface area contributed by atoms with Gasteiger partial charge in [0.05, 0.1) is 6.20 Å². The van der Waals surface area contributed by atoms with Crippen LogP contribution in [0, 0.1) is 0 Å². The Bertz CT molecular complexity index is 499. The molecule has 1 aromatic heterocycles. The Labute approximate surface area is 87.3 Å². The Morgan fingerprint density at radius 2 is 2.20 bits per heavy atom. The predicted molar refractivity (Wildman–Crippen MR) is 61.8 cm³/mol. The van der Waals surface area contributed by atoms with Gasteiger partial charge < -0.3 is 0 Å². The van der Waals surface area contributed by atoms with Gasteiger partial charge in [0, 0.05) is 17.0 Å². The molecule has 15 heavy (non-hydrogen) atoms. The van der Waals surface area contributed by atoms with Crippen molar-refractivity contribution in [2.45, 2.75) is 0 Å². The van der Waals surface area contributed by atoms with Crippen molar-refractivity contribution in [2.75, 3.05) is 5.43 Å². The fourth-order valence-corrected chi connectivity index (χ4v) is 1.26. The Balaban J connectivity index is 2.42. The fraction of sp³-hybridized carbons (Fsp3) is 0. The molecule has 74 valence electrons. The lowest BCUT2D eigenvalue weighted by Gasteiger charge is -2.01. The smallest absolute Gasteiger partial charge is 0.176 e. The van der Waals surface area contributed by atoms with Gasteiger partial charge in [-0.3, -0.25) is 5.43 Å². The van der Waals surface area contributed by atoms with Crippen LogP contribution in [-0.4, -0.2) is 16.4 Å². The standard InChI is InChI=1S/C11H10N4/c1-2-7-12-14-11-10-6-4-3-5-9(10)8-13-15-11/h2-8H,1H2,(H,14,15)/b12-7-. The molecule has 0 radical (unpaired) electrons. The lowest BCUT2D eigenvalue weighted by Crippen LogP contribution is -1.95. The molecule has 0 bridgehead atoms. The number of aromatic nitrogens is 2. The van der Waals surface area contributed by atoms with Crippen molar-refractivity contribution in [1.82, 2.24) is 10.2 Å². The van der Waals surface area contributed by atoms with Crippen LogP contribution in [0.2, 0.25) is 0 Å². The van der Waals surface area contributed by atoms with Crippen molar-refractivity contribution in [3.05, 3.63) is 43.1 Å². The maximum Gasteiger partial charge on any atom is 0.176 e. The number of hydrogen-bond acceptors (Lipinski definition) is 4. The molecule has 0 fully saturated rings. The molecular weight excluding hydrogens is 188 g/mol. The molecule has 2 rings (SSSR count). The van der Waals surface area contributed by atoms with Crippen molar-refractivity contribution in [3.63, 3.8) is 0 Å². The number of nitrogens with one attached hydrogen (secondary N) is 1. The summed E-state index contributed by atoms with van der Waals surface area (Å²) in [4.78, 5) is 0. The minimum absolute atomic E-state index is 0.645. The predicted octanol–water partition coefficient (Wildman–Crippen LogP) is 2.21. The average molecular weight is 198 g/mol. The summed E-state index contributed by atoms with van der Waals surface area (Å²) >= 11 is 0. The van der Waals surface area contributed by atoms with Gasteiger partial charge in [0.15, 0.2) is 5.82 Å². The van der Waals surface area contributed by atoms with E-state index in [0.717, 1.165) is 10.8 Å². The zero-order chi connectivity index (χ0) is 10.5. The second-order valence-electron chi connectivity index (χ2n) is 2.91. The lowest BCUT2D eigenvalue weighted by molar-refractivity contribution is 1.04. The molecular formula is C11H10N4. The van der Waals surface area contributed by atoms with E-state index in [2.05, 4.69) is 27.3 Å². The average Bonchev–Trinajstić information content (AvgIpc) is 2.30. The van der Waals surface area contributed by atoms with Gasteiger partial charge in [-0.05, 0) is 6.08 Å². The van der Waals surface area contributed by atoms with Crippen LogP contribution in [0.15, 0.2) is 48.2 Å². The van der Waals surface area contributed by atoms with Crippen molar-refractivity contribution >= 4 is 22.8 Å². The van der Waals surface area contributed by atoms with Gasteiger partial charge in [0.2, 0.25) is 0 Å². The van der Waals surface area contributed by atoms with Crippen molar-refractivity contribution in [1.29, 1.82) is 0 Å². The van der Waals surface area contributed by atoms with Crippen LogP contribution in [0.5, 0.6) is 0 Å². The minimum Gasteiger partial charge on any atom is -0.259 e. The summed E-state index contributed by atoms with van der Waals surface area (Å²) in [7, 11) is 0. The summed E-state index contributed by atoms with van der Waals surface area (Å²) in [5.74, 6) is 0.645. The number of hydrogen-bond donors (Lipinski definition) is 1. The van der Waals surface area contributed by atoms with Crippen LogP contribution < -0.4 is 5.43 Å². The Kier molecular flexibility index (Phi) is 2.69. The molecule has 0 amide bonds. The highest BCUT2D eigenvalue weighted by Gasteiger charge is 1.99. The highest BCUT2D eigenvalue weighted by atomic mass is 15.3. The number of rotatable bonds is 3. The maximum absolute atomic E-state index is 3.97. The summed E-state index contributed by atoms with van der Waals surface area (Å²) in [6.45, 7) is 3.53. The zero-order valence-electron chi connectivity index (χ0n) is 8.09. The van der Waals surface area contributed by atoms with Crippen LogP contribution in [0.1, 0.15) is 0 Å². The summed E-state index contributed by atoms with van der Waals surface area (Å²) < 4.78 is 0. The Morgan fingerprint density at radius 1 is 1.33 bits per heavy atom. The highest BCUT2D eigenvalue weighted by Crippen LogP contribution is 2.18. The van der Waals surface area contributed by atoms with E-state index in [-0.39, 0.29) is 0 Å². The normalized spacial score (nSPS) is 10.7. The van der Waals surface area contributed by atoms with E-state index in [1.165, 1.54) is 0 Å². The van der Waals surface area contributed by atoms with E-state index in [4.69, 9.17) is 0 Å². The maximum atomic E-state index is 3.97. The fourth-order valence-electron chi connectivity index (χ4n) is 1.26. The first-order valence-corrected chi connectivity index (χ1v) is 4.52. The molecule has 4 nitrogen and oxygen atoms in total. The van der Waals surface area contributed by atoms with Gasteiger partial charge in [-0.2, -0.15) is 10.2 Å². The summed E-state index contributed by atoms with van der Waals surface area (Å²) in [5.41, 5.74) is 2.81. The number of anilines is 1. The lowest BCUT2D eigenvalue weighted by atomic mass is 10.2. The van der Waals surface area contributed by atoms with Gasteiger partial charge in [-0.15, -0.1) is 5.10 Å². The molecule has 0 aliphatic heterocycles. The Morgan fingerprint density at radius 3 is 3.07 bits per heavy atom. The first-order chi connectivity index (χ1) is 7.42. The second kappa shape index (κ2) is 4.32. The van der Waals surface area contributed by atoms with Gasteiger partial charge in [-0.25, -0.2) is 0 Å². The molecule has 0 aliphatic rings. The van der Waals surface area contributed by atoms with Gasteiger partial charge in [0.1, 0.15) is 0 Å². The first kappa shape index (κ1) is 9.33. The van der Waals surface area contributed by atoms with E-state index in [1.54, 1.807) is 18.5 Å². The van der Waals surface area contributed by atoms with E-state index >= 15 is 0 Å². The summed E-state index contributed by atoms with van der Waals surface area (Å²) in [6.07, 6.45) is 4.87. The molecule has 1 heterocycles. The number of benzene rings is 1. The highest BCUT2D eigenvalue weighted by molar-refractivity contribution is 5.91. The minimum atomic E-state index is 0.645. The van der Waals surface area contributed by atoms with Crippen LogP contribution in [0.3, 0.4) is 0 Å². The van der Waals surface area contributed by atoms with Crippen LogP contribution in [0.4, 0.5) is 5.82 Å². The molecule has 0 saturated heterocycles. The molecule has 0 saturated carbocycles. The molecule has 0 atom stereocenters. The number of allylic oxidation sites excluding steroid dienone is 1. The van der Waals surface area contributed by atoms with E-state index < -0.39 is 0 Å². The largest absolute Gasteiger partial charge is 0.259 e. The second-order valence-corrected chi connectivity index (χ2v) is 2.91. The van der Waals surface area contributed by atoms with Crippen LogP contribution in [0.25, 0.3) is 10.8 Å². The number of nitrogens with zero attached hydrogens (tertiary/aromatic N) is 3. The van der Waals surface area contributed by atoms with Crippen LogP contribution in [-0.2, 0) is 0 Å². The van der Waals surface area contributed by atoms with Crippen LogP contribution >= 0.6 is 0 Å². The third-order valence-electron chi connectivity index (χ3n) is 1.92. The molecule has 0 aliphatic carbocycles. The molecule has 1 N–H and O–H groups in total. The van der Waals surface area contributed by atoms with Gasteiger partial charge >= 0.3 is 0 Å². The molecule has 1 aromatic carbocycles. The number of fused-ring (bicyclic) bond motifs is 1. The van der Waals surface area contributed by atoms with E-state index in [0.29, 0.717) is 5.82 Å². The zero-order valence-corrected chi connectivity index (χ0v) is 8.09. The summed E-state index contributed by atoms with van der Waals surface area (Å²) in [6, 6.07) is 7.86. The topological polar surface area (TPSA) is 50.2 Å². The molecule has 2 aromatic rings. The summed E-state index contributed by atoms with van der Waals surface area (Å²) in [5, 5.41) is 13.8. The first-order valence-electron chi connectivity index (χ1n) is 4.52. The van der Waals surface area contributed by atoms with E-state index in [9.17, 15) is 0 Å². The molecule has 0 unspecified atom stereocenters. The third-order valence-corrected chi connectivity index (χ3v) is 1.92. The SMILES string of the molecule is C=C/C=N\Nc1nncc2ccccc12. The van der Waals surface area contributed by atoms with Crippen molar-refractivity contribution in [3.8, 4) is 0 Å². The number of hydrazone groups is 1. The van der Waals surface area contributed by atoms with Crippen molar-refractivity contribution < 1.29 is 0 Å². The molecule has 0 spiro atoms. The third kappa shape index (κ3) is 1.99. The van der Waals surface area contributed by atoms with Gasteiger partial charge in [-0.1, -0.05) is 30.8 Å². The molecule has 4 heteroatoms. The van der Waals surface area contributed by atoms with Gasteiger partial charge in [0.25, 0.3) is 0 Å². The Hall–Kier alpha value is -2.23. The quantitative estimate of drug-likeness (QED) is 0.607. The van der Waals surface area contributed by atoms with Crippen molar-refractivity contribution in [2.24, 2.45) is 5.10 Å². The van der Waals surface area contributed by atoms with E-state index in [1.807, 2.05) is 24.3 Å².